The SMILES string of the molecule is C[C@H]1[C@@H]2[C@@H](O)[C@@H]([C@H](C)C(=O)N3CCCC3)CC[C@@]2(C)CC[C@@H]1NC(=O)c1cnccn1. The fourth-order valence-electron chi connectivity index (χ4n) is 6.56. The lowest BCUT2D eigenvalue weighted by Gasteiger charge is -2.56. The topological polar surface area (TPSA) is 95.4 Å². The summed E-state index contributed by atoms with van der Waals surface area (Å²) in [5.41, 5.74) is 0.356. The van der Waals surface area contributed by atoms with E-state index in [9.17, 15) is 14.7 Å². The van der Waals surface area contributed by atoms with Crippen LogP contribution in [0.25, 0.3) is 0 Å². The first kappa shape index (κ1) is 22.2. The number of likely N-dealkylation sites (tertiary alicyclic amines) is 1. The summed E-state index contributed by atoms with van der Waals surface area (Å²) in [7, 11) is 0. The van der Waals surface area contributed by atoms with Crippen molar-refractivity contribution in [2.45, 2.75) is 71.4 Å². The van der Waals surface area contributed by atoms with Crippen molar-refractivity contribution in [2.75, 3.05) is 13.1 Å². The number of aromatic nitrogens is 2. The molecule has 4 rings (SSSR count). The van der Waals surface area contributed by atoms with Crippen LogP contribution in [0.1, 0.15) is 69.8 Å². The van der Waals surface area contributed by atoms with Crippen LogP contribution in [0.3, 0.4) is 0 Å². The summed E-state index contributed by atoms with van der Waals surface area (Å²) in [6.45, 7) is 8.11. The first-order valence-corrected chi connectivity index (χ1v) is 11.9. The van der Waals surface area contributed by atoms with Crippen molar-refractivity contribution < 1.29 is 14.7 Å². The quantitative estimate of drug-likeness (QED) is 0.769. The second-order valence-corrected chi connectivity index (χ2v) is 10.3. The zero-order valence-electron chi connectivity index (χ0n) is 19.0. The van der Waals surface area contributed by atoms with Gasteiger partial charge >= 0.3 is 0 Å². The van der Waals surface area contributed by atoms with Crippen molar-refractivity contribution in [1.29, 1.82) is 0 Å². The molecule has 2 heterocycles. The Hall–Kier alpha value is -2.02. The molecule has 170 valence electrons. The van der Waals surface area contributed by atoms with Crippen molar-refractivity contribution >= 4 is 11.8 Å². The molecule has 1 saturated heterocycles. The summed E-state index contributed by atoms with van der Waals surface area (Å²) in [6.07, 6.45) is 9.93. The minimum atomic E-state index is -0.536. The Labute approximate surface area is 185 Å². The molecule has 0 aromatic carbocycles. The van der Waals surface area contributed by atoms with Crippen LogP contribution in [0.2, 0.25) is 0 Å². The van der Waals surface area contributed by atoms with Gasteiger partial charge in [-0.15, -0.1) is 0 Å². The monoisotopic (exact) mass is 428 g/mol. The Morgan fingerprint density at radius 1 is 1.23 bits per heavy atom. The molecule has 0 spiro atoms. The molecular formula is C24H36N4O3. The molecule has 2 amide bonds. The Kier molecular flexibility index (Phi) is 6.33. The largest absolute Gasteiger partial charge is 0.392 e. The van der Waals surface area contributed by atoms with Crippen LogP contribution in [0.4, 0.5) is 0 Å². The molecule has 31 heavy (non-hydrogen) atoms. The number of carbonyl (C=O) groups excluding carboxylic acids is 2. The van der Waals surface area contributed by atoms with E-state index in [-0.39, 0.29) is 46.9 Å². The lowest BCUT2D eigenvalue weighted by atomic mass is 9.51. The summed E-state index contributed by atoms with van der Waals surface area (Å²) in [6, 6.07) is -0.0226. The van der Waals surface area contributed by atoms with Crippen LogP contribution in [0.5, 0.6) is 0 Å². The summed E-state index contributed by atoms with van der Waals surface area (Å²) < 4.78 is 0. The molecule has 1 aromatic heterocycles. The van der Waals surface area contributed by atoms with Crippen molar-refractivity contribution in [1.82, 2.24) is 20.2 Å². The predicted octanol–water partition coefficient (Wildman–Crippen LogP) is 2.66. The molecule has 2 saturated carbocycles. The van der Waals surface area contributed by atoms with Gasteiger partial charge in [0.25, 0.3) is 5.91 Å². The molecule has 7 atom stereocenters. The normalized spacial score (nSPS) is 36.5. The molecule has 0 unspecified atom stereocenters. The molecule has 2 aliphatic carbocycles. The van der Waals surface area contributed by atoms with Gasteiger partial charge in [-0.05, 0) is 61.7 Å². The van der Waals surface area contributed by atoms with Gasteiger partial charge in [0.1, 0.15) is 5.69 Å². The van der Waals surface area contributed by atoms with E-state index in [4.69, 9.17) is 0 Å². The van der Waals surface area contributed by atoms with Crippen LogP contribution in [-0.4, -0.2) is 57.0 Å². The number of fused-ring (bicyclic) bond motifs is 1. The molecule has 3 aliphatic rings. The highest BCUT2D eigenvalue weighted by Gasteiger charge is 2.54. The summed E-state index contributed by atoms with van der Waals surface area (Å²) >= 11 is 0. The van der Waals surface area contributed by atoms with Crippen LogP contribution < -0.4 is 5.32 Å². The highest BCUT2D eigenvalue weighted by molar-refractivity contribution is 5.92. The number of aliphatic hydroxyl groups excluding tert-OH is 1. The molecule has 7 heteroatoms. The van der Waals surface area contributed by atoms with Crippen LogP contribution in [0, 0.1) is 29.1 Å². The Morgan fingerprint density at radius 3 is 2.61 bits per heavy atom. The van der Waals surface area contributed by atoms with Crippen molar-refractivity contribution in [3.8, 4) is 0 Å². The van der Waals surface area contributed by atoms with Crippen molar-refractivity contribution in [3.05, 3.63) is 24.3 Å². The summed E-state index contributed by atoms with van der Waals surface area (Å²) in [5, 5.41) is 14.7. The van der Waals surface area contributed by atoms with Gasteiger partial charge in [0.2, 0.25) is 5.91 Å². The van der Waals surface area contributed by atoms with Crippen LogP contribution >= 0.6 is 0 Å². The average molecular weight is 429 g/mol. The van der Waals surface area contributed by atoms with Gasteiger partial charge in [0, 0.05) is 37.4 Å². The maximum Gasteiger partial charge on any atom is 0.271 e. The minimum Gasteiger partial charge on any atom is -0.392 e. The van der Waals surface area contributed by atoms with Crippen molar-refractivity contribution in [3.63, 3.8) is 0 Å². The number of nitrogens with zero attached hydrogens (tertiary/aromatic N) is 3. The van der Waals surface area contributed by atoms with Crippen molar-refractivity contribution in [2.24, 2.45) is 29.1 Å². The molecule has 1 aliphatic heterocycles. The zero-order valence-corrected chi connectivity index (χ0v) is 19.0. The second-order valence-electron chi connectivity index (χ2n) is 10.3. The van der Waals surface area contributed by atoms with Gasteiger partial charge in [-0.3, -0.25) is 14.6 Å². The second kappa shape index (κ2) is 8.85. The van der Waals surface area contributed by atoms with E-state index in [0.29, 0.717) is 5.69 Å². The molecule has 0 radical (unpaired) electrons. The van der Waals surface area contributed by atoms with E-state index in [1.807, 2.05) is 11.8 Å². The van der Waals surface area contributed by atoms with E-state index in [1.54, 1.807) is 6.20 Å². The smallest absolute Gasteiger partial charge is 0.271 e. The van der Waals surface area contributed by atoms with E-state index < -0.39 is 6.10 Å². The number of amides is 2. The number of carbonyl (C=O) groups is 2. The van der Waals surface area contributed by atoms with Gasteiger partial charge in [-0.25, -0.2) is 4.98 Å². The number of hydrogen-bond donors (Lipinski definition) is 2. The van der Waals surface area contributed by atoms with Crippen LogP contribution in [0.15, 0.2) is 18.6 Å². The Balaban J connectivity index is 1.48. The fraction of sp³-hybridized carbons (Fsp3) is 0.750. The maximum absolute atomic E-state index is 13.0. The molecule has 0 bridgehead atoms. The average Bonchev–Trinajstić information content (AvgIpc) is 3.30. The van der Waals surface area contributed by atoms with Gasteiger partial charge < -0.3 is 15.3 Å². The standard InChI is InChI=1S/C24H36N4O3/c1-15(23(31)28-12-4-5-13-28)17-6-8-24(3)9-7-18(16(2)20(24)21(17)29)27-22(30)19-14-25-10-11-26-19/h10-11,14-18,20-21,29H,4-9,12-13H2,1-3H3,(H,27,30)/t15-,16+,17+,18-,20+,21-,24-/m0/s1. The predicted molar refractivity (Wildman–Crippen MR) is 117 cm³/mol. The molecular weight excluding hydrogens is 392 g/mol. The zero-order chi connectivity index (χ0) is 22.2. The summed E-state index contributed by atoms with van der Waals surface area (Å²) in [5.74, 6) is -0.0381. The fourth-order valence-corrected chi connectivity index (χ4v) is 6.56. The highest BCUT2D eigenvalue weighted by atomic mass is 16.3. The lowest BCUT2D eigenvalue weighted by molar-refractivity contribution is -0.149. The van der Waals surface area contributed by atoms with Crippen LogP contribution in [-0.2, 0) is 4.79 Å². The van der Waals surface area contributed by atoms with Gasteiger partial charge in [-0.2, -0.15) is 0 Å². The van der Waals surface area contributed by atoms with E-state index in [2.05, 4.69) is 29.1 Å². The highest BCUT2D eigenvalue weighted by Crippen LogP contribution is 2.55. The third-order valence-corrected chi connectivity index (χ3v) is 8.45. The molecule has 2 N–H and O–H groups in total. The summed E-state index contributed by atoms with van der Waals surface area (Å²) in [4.78, 5) is 35.7. The molecule has 7 nitrogen and oxygen atoms in total. The Bertz CT molecular complexity index is 797. The van der Waals surface area contributed by atoms with E-state index in [1.165, 1.54) is 12.4 Å². The third-order valence-electron chi connectivity index (χ3n) is 8.45. The molecule has 1 aromatic rings. The lowest BCUT2D eigenvalue weighted by Crippen LogP contribution is -2.58. The van der Waals surface area contributed by atoms with Gasteiger partial charge in [-0.1, -0.05) is 20.8 Å². The van der Waals surface area contributed by atoms with E-state index in [0.717, 1.165) is 51.6 Å². The van der Waals surface area contributed by atoms with Gasteiger partial charge in [0.05, 0.1) is 12.3 Å². The van der Waals surface area contributed by atoms with E-state index >= 15 is 0 Å². The first-order chi connectivity index (χ1) is 14.8. The number of aliphatic hydroxyl groups is 1. The Morgan fingerprint density at radius 2 is 1.94 bits per heavy atom. The maximum atomic E-state index is 13.0. The minimum absolute atomic E-state index is 0.0226. The first-order valence-electron chi connectivity index (χ1n) is 11.9. The molecule has 3 fully saturated rings. The number of nitrogens with one attached hydrogen (secondary N) is 1. The van der Waals surface area contributed by atoms with Gasteiger partial charge in [0.15, 0.2) is 0 Å². The number of hydrogen-bond acceptors (Lipinski definition) is 5. The number of rotatable bonds is 4. The third kappa shape index (κ3) is 4.21.